The van der Waals surface area contributed by atoms with Crippen LogP contribution in [0.25, 0.3) is 0 Å². The SMILES string of the molecule is O=C(CNC(=O)C1CCCO1)NCCc1ccc(Cl)cc1. The Kier molecular flexibility index (Phi) is 6.02. The van der Waals surface area contributed by atoms with E-state index in [0.29, 0.717) is 18.2 Å². The molecular formula is C15H19ClN2O3. The smallest absolute Gasteiger partial charge is 0.249 e. The lowest BCUT2D eigenvalue weighted by molar-refractivity contribution is -0.132. The van der Waals surface area contributed by atoms with Gasteiger partial charge in [-0.25, -0.2) is 0 Å². The number of carbonyl (C=O) groups is 2. The Bertz CT molecular complexity index is 484. The minimum Gasteiger partial charge on any atom is -0.368 e. The molecule has 1 aliphatic rings. The van der Waals surface area contributed by atoms with Gasteiger partial charge < -0.3 is 15.4 Å². The fraction of sp³-hybridized carbons (Fsp3) is 0.467. The van der Waals surface area contributed by atoms with Crippen molar-refractivity contribution in [3.8, 4) is 0 Å². The first-order valence-electron chi connectivity index (χ1n) is 7.05. The summed E-state index contributed by atoms with van der Waals surface area (Å²) in [6.45, 7) is 1.13. The number of hydrogen-bond donors (Lipinski definition) is 2. The molecule has 5 nitrogen and oxygen atoms in total. The molecule has 2 amide bonds. The highest BCUT2D eigenvalue weighted by molar-refractivity contribution is 6.30. The van der Waals surface area contributed by atoms with Crippen LogP contribution in [0.4, 0.5) is 0 Å². The molecule has 6 heteroatoms. The maximum Gasteiger partial charge on any atom is 0.249 e. The molecule has 0 aliphatic carbocycles. The average Bonchev–Trinajstić information content (AvgIpc) is 3.01. The van der Waals surface area contributed by atoms with Gasteiger partial charge in [-0.05, 0) is 37.0 Å². The number of rotatable bonds is 6. The minimum absolute atomic E-state index is 0.0146. The molecule has 1 saturated heterocycles. The summed E-state index contributed by atoms with van der Waals surface area (Å²) >= 11 is 5.80. The Morgan fingerprint density at radius 2 is 2.00 bits per heavy atom. The molecular weight excluding hydrogens is 292 g/mol. The molecule has 0 radical (unpaired) electrons. The van der Waals surface area contributed by atoms with Gasteiger partial charge in [-0.15, -0.1) is 0 Å². The van der Waals surface area contributed by atoms with Crippen molar-refractivity contribution in [2.45, 2.75) is 25.4 Å². The lowest BCUT2D eigenvalue weighted by atomic mass is 10.1. The third-order valence-electron chi connectivity index (χ3n) is 3.29. The van der Waals surface area contributed by atoms with Gasteiger partial charge in [0.2, 0.25) is 11.8 Å². The summed E-state index contributed by atoms with van der Waals surface area (Å²) < 4.78 is 5.24. The number of benzene rings is 1. The predicted octanol–water partition coefficient (Wildman–Crippen LogP) is 1.29. The Morgan fingerprint density at radius 3 is 2.67 bits per heavy atom. The first-order valence-corrected chi connectivity index (χ1v) is 7.43. The van der Waals surface area contributed by atoms with Gasteiger partial charge in [0.05, 0.1) is 6.54 Å². The van der Waals surface area contributed by atoms with E-state index in [4.69, 9.17) is 16.3 Å². The van der Waals surface area contributed by atoms with E-state index in [9.17, 15) is 9.59 Å². The number of halogens is 1. The first kappa shape index (κ1) is 15.8. The van der Waals surface area contributed by atoms with E-state index < -0.39 is 6.10 Å². The van der Waals surface area contributed by atoms with E-state index in [2.05, 4.69) is 10.6 Å². The fourth-order valence-electron chi connectivity index (χ4n) is 2.13. The normalized spacial score (nSPS) is 17.5. The molecule has 1 fully saturated rings. The zero-order valence-corrected chi connectivity index (χ0v) is 12.5. The lowest BCUT2D eigenvalue weighted by Crippen LogP contribution is -2.41. The van der Waals surface area contributed by atoms with Gasteiger partial charge in [0, 0.05) is 18.2 Å². The fourth-order valence-corrected chi connectivity index (χ4v) is 2.25. The molecule has 0 saturated carbocycles. The second-order valence-electron chi connectivity index (χ2n) is 4.95. The van der Waals surface area contributed by atoms with Crippen molar-refractivity contribution in [3.05, 3.63) is 34.9 Å². The number of amides is 2. The molecule has 0 aromatic heterocycles. The van der Waals surface area contributed by atoms with Crippen molar-refractivity contribution in [1.29, 1.82) is 0 Å². The molecule has 1 unspecified atom stereocenters. The van der Waals surface area contributed by atoms with E-state index in [0.717, 1.165) is 24.8 Å². The topological polar surface area (TPSA) is 67.4 Å². The number of ether oxygens (including phenoxy) is 1. The molecule has 2 rings (SSSR count). The molecule has 21 heavy (non-hydrogen) atoms. The summed E-state index contributed by atoms with van der Waals surface area (Å²) in [4.78, 5) is 23.3. The van der Waals surface area contributed by atoms with Gasteiger partial charge in [0.15, 0.2) is 0 Å². The highest BCUT2D eigenvalue weighted by Crippen LogP contribution is 2.11. The molecule has 1 aliphatic heterocycles. The summed E-state index contributed by atoms with van der Waals surface area (Å²) in [6.07, 6.45) is 1.95. The van der Waals surface area contributed by atoms with Gasteiger partial charge in [-0.2, -0.15) is 0 Å². The van der Waals surface area contributed by atoms with Crippen LogP contribution in [0.5, 0.6) is 0 Å². The monoisotopic (exact) mass is 310 g/mol. The van der Waals surface area contributed by atoms with Crippen LogP contribution in [-0.2, 0) is 20.7 Å². The summed E-state index contributed by atoms with van der Waals surface area (Å²) in [7, 11) is 0. The van der Waals surface area contributed by atoms with Gasteiger partial charge in [0.1, 0.15) is 6.10 Å². The quantitative estimate of drug-likeness (QED) is 0.832. The molecule has 2 N–H and O–H groups in total. The van der Waals surface area contributed by atoms with Gasteiger partial charge in [-0.1, -0.05) is 23.7 Å². The third-order valence-corrected chi connectivity index (χ3v) is 3.55. The van der Waals surface area contributed by atoms with Crippen molar-refractivity contribution >= 4 is 23.4 Å². The van der Waals surface area contributed by atoms with Crippen LogP contribution >= 0.6 is 11.6 Å². The molecule has 1 atom stereocenters. The number of carbonyl (C=O) groups excluding carboxylic acids is 2. The van der Waals surface area contributed by atoms with Crippen molar-refractivity contribution in [2.75, 3.05) is 19.7 Å². The van der Waals surface area contributed by atoms with Gasteiger partial charge >= 0.3 is 0 Å². The third kappa shape index (κ3) is 5.36. The standard InChI is InChI=1S/C15H19ClN2O3/c16-12-5-3-11(4-6-12)7-8-17-14(19)10-18-15(20)13-2-1-9-21-13/h3-6,13H,1-2,7-10H2,(H,17,19)(H,18,20). The molecule has 1 heterocycles. The summed E-state index contributed by atoms with van der Waals surface area (Å²) in [5, 5.41) is 6.05. The van der Waals surface area contributed by atoms with Crippen LogP contribution < -0.4 is 10.6 Å². The van der Waals surface area contributed by atoms with Crippen LogP contribution in [0, 0.1) is 0 Å². The Balaban J connectivity index is 1.61. The lowest BCUT2D eigenvalue weighted by Gasteiger charge is -2.10. The molecule has 1 aromatic rings. The zero-order valence-electron chi connectivity index (χ0n) is 11.7. The van der Waals surface area contributed by atoms with Crippen molar-refractivity contribution in [1.82, 2.24) is 10.6 Å². The van der Waals surface area contributed by atoms with E-state index in [1.807, 2.05) is 24.3 Å². The highest BCUT2D eigenvalue weighted by atomic mass is 35.5. The van der Waals surface area contributed by atoms with Gasteiger partial charge in [0.25, 0.3) is 0 Å². The molecule has 0 bridgehead atoms. The number of hydrogen-bond acceptors (Lipinski definition) is 3. The maximum atomic E-state index is 11.6. The summed E-state index contributed by atoms with van der Waals surface area (Å²) in [5.41, 5.74) is 1.10. The van der Waals surface area contributed by atoms with E-state index in [-0.39, 0.29) is 18.4 Å². The Hall–Kier alpha value is -1.59. The molecule has 1 aromatic carbocycles. The minimum atomic E-state index is -0.396. The van der Waals surface area contributed by atoms with Crippen molar-refractivity contribution in [3.63, 3.8) is 0 Å². The second-order valence-corrected chi connectivity index (χ2v) is 5.38. The molecule has 114 valence electrons. The highest BCUT2D eigenvalue weighted by Gasteiger charge is 2.23. The van der Waals surface area contributed by atoms with Crippen molar-refractivity contribution < 1.29 is 14.3 Å². The largest absolute Gasteiger partial charge is 0.368 e. The summed E-state index contributed by atoms with van der Waals surface area (Å²) in [6, 6.07) is 7.49. The zero-order chi connectivity index (χ0) is 15.1. The maximum absolute atomic E-state index is 11.6. The van der Waals surface area contributed by atoms with Crippen LogP contribution in [-0.4, -0.2) is 37.6 Å². The van der Waals surface area contributed by atoms with E-state index in [1.165, 1.54) is 0 Å². The second kappa shape index (κ2) is 8.00. The van der Waals surface area contributed by atoms with Gasteiger partial charge in [-0.3, -0.25) is 9.59 Å². The number of nitrogens with one attached hydrogen (secondary N) is 2. The Labute approximate surface area is 129 Å². The van der Waals surface area contributed by atoms with E-state index in [1.54, 1.807) is 0 Å². The summed E-state index contributed by atoms with van der Waals surface area (Å²) in [5.74, 6) is -0.407. The van der Waals surface area contributed by atoms with Crippen LogP contribution in [0.3, 0.4) is 0 Å². The van der Waals surface area contributed by atoms with Crippen molar-refractivity contribution in [2.24, 2.45) is 0 Å². The van der Waals surface area contributed by atoms with Crippen LogP contribution in [0.15, 0.2) is 24.3 Å². The van der Waals surface area contributed by atoms with Crippen LogP contribution in [0.1, 0.15) is 18.4 Å². The van der Waals surface area contributed by atoms with Crippen LogP contribution in [0.2, 0.25) is 5.02 Å². The first-order chi connectivity index (χ1) is 10.1. The van der Waals surface area contributed by atoms with E-state index >= 15 is 0 Å². The predicted molar refractivity (Wildman–Crippen MR) is 80.1 cm³/mol. The molecule has 0 spiro atoms. The Morgan fingerprint density at radius 1 is 1.24 bits per heavy atom. The average molecular weight is 311 g/mol.